The van der Waals surface area contributed by atoms with Crippen LogP contribution in [0.4, 0.5) is 4.39 Å². The summed E-state index contributed by atoms with van der Waals surface area (Å²) in [6.07, 6.45) is 5.13. The molecule has 0 radical (unpaired) electrons. The lowest BCUT2D eigenvalue weighted by Crippen LogP contribution is -2.44. The first kappa shape index (κ1) is 16.5. The second-order valence-corrected chi connectivity index (χ2v) is 7.61. The first-order chi connectivity index (χ1) is 11.9. The number of aromatic nitrogens is 2. The third-order valence-corrected chi connectivity index (χ3v) is 6.13. The molecular formula is C19H24FN3O2. The van der Waals surface area contributed by atoms with Crippen LogP contribution in [0.5, 0.6) is 0 Å². The van der Waals surface area contributed by atoms with Gasteiger partial charge in [0.05, 0.1) is 5.60 Å². The summed E-state index contributed by atoms with van der Waals surface area (Å²) in [5, 5.41) is 10.9. The lowest BCUT2D eigenvalue weighted by molar-refractivity contribution is -0.0609. The minimum atomic E-state index is -0.702. The summed E-state index contributed by atoms with van der Waals surface area (Å²) >= 11 is 0. The van der Waals surface area contributed by atoms with E-state index < -0.39 is 11.5 Å². The largest absolute Gasteiger partial charge is 0.390 e. The van der Waals surface area contributed by atoms with E-state index in [1.807, 2.05) is 19.9 Å². The van der Waals surface area contributed by atoms with Crippen molar-refractivity contribution in [1.29, 1.82) is 0 Å². The van der Waals surface area contributed by atoms with E-state index in [-0.39, 0.29) is 17.5 Å². The zero-order valence-electron chi connectivity index (χ0n) is 14.7. The Morgan fingerprint density at radius 1 is 1.44 bits per heavy atom. The summed E-state index contributed by atoms with van der Waals surface area (Å²) < 4.78 is 16.0. The predicted octanol–water partition coefficient (Wildman–Crippen LogP) is 2.80. The highest BCUT2D eigenvalue weighted by atomic mass is 19.1. The highest BCUT2D eigenvalue weighted by Gasteiger charge is 2.49. The minimum absolute atomic E-state index is 0.0811. The monoisotopic (exact) mass is 345 g/mol. The van der Waals surface area contributed by atoms with Crippen molar-refractivity contribution in [3.63, 3.8) is 0 Å². The maximum Gasteiger partial charge on any atom is 0.277 e. The number of aliphatic hydroxyl groups is 1. The zero-order chi connectivity index (χ0) is 17.8. The smallest absolute Gasteiger partial charge is 0.277 e. The molecule has 1 amide bonds. The summed E-state index contributed by atoms with van der Waals surface area (Å²) in [4.78, 5) is 18.8. The van der Waals surface area contributed by atoms with Crippen LogP contribution in [0.1, 0.15) is 48.7 Å². The highest BCUT2D eigenvalue weighted by Crippen LogP contribution is 2.44. The van der Waals surface area contributed by atoms with E-state index in [1.165, 1.54) is 4.40 Å². The molecule has 134 valence electrons. The topological polar surface area (TPSA) is 57.8 Å². The van der Waals surface area contributed by atoms with Crippen molar-refractivity contribution in [3.8, 4) is 0 Å². The molecule has 1 saturated heterocycles. The molecule has 1 N–H and O–H groups in total. The molecule has 2 aliphatic rings. The Morgan fingerprint density at radius 2 is 2.24 bits per heavy atom. The Bertz CT molecular complexity index is 833. The Hall–Kier alpha value is -1.95. The molecule has 0 aromatic carbocycles. The van der Waals surface area contributed by atoms with E-state index in [0.717, 1.165) is 24.8 Å². The predicted molar refractivity (Wildman–Crippen MR) is 91.9 cm³/mol. The van der Waals surface area contributed by atoms with Gasteiger partial charge in [-0.15, -0.1) is 0 Å². The molecule has 1 saturated carbocycles. The number of carbonyl (C=O) groups excluding carboxylic acids is 1. The first-order valence-electron chi connectivity index (χ1n) is 9.09. The molecule has 6 heteroatoms. The van der Waals surface area contributed by atoms with Crippen LogP contribution in [0.15, 0.2) is 18.3 Å². The van der Waals surface area contributed by atoms with Gasteiger partial charge >= 0.3 is 0 Å². The van der Waals surface area contributed by atoms with Gasteiger partial charge in [-0.1, -0.05) is 19.4 Å². The van der Waals surface area contributed by atoms with Crippen molar-refractivity contribution in [2.75, 3.05) is 13.1 Å². The van der Waals surface area contributed by atoms with Crippen LogP contribution < -0.4 is 0 Å². The van der Waals surface area contributed by atoms with Gasteiger partial charge in [0.2, 0.25) is 5.95 Å². The molecule has 0 bridgehead atoms. The van der Waals surface area contributed by atoms with E-state index in [4.69, 9.17) is 0 Å². The first-order valence-corrected chi connectivity index (χ1v) is 9.09. The Morgan fingerprint density at radius 3 is 3.00 bits per heavy atom. The summed E-state index contributed by atoms with van der Waals surface area (Å²) in [7, 11) is 0. The number of likely N-dealkylation sites (tertiary alicyclic amines) is 1. The molecule has 3 heterocycles. The van der Waals surface area contributed by atoms with Gasteiger partial charge in [-0.25, -0.2) is 4.98 Å². The van der Waals surface area contributed by atoms with Gasteiger partial charge in [0.25, 0.3) is 5.91 Å². The van der Waals surface area contributed by atoms with Crippen molar-refractivity contribution in [2.45, 2.75) is 45.1 Å². The van der Waals surface area contributed by atoms with Gasteiger partial charge in [-0.2, -0.15) is 4.39 Å². The number of pyridine rings is 1. The van der Waals surface area contributed by atoms with E-state index in [2.05, 4.69) is 4.98 Å². The third kappa shape index (κ3) is 2.54. The van der Waals surface area contributed by atoms with Crippen LogP contribution in [-0.2, 0) is 0 Å². The number of carbonyl (C=O) groups is 1. The molecule has 0 unspecified atom stereocenters. The fraction of sp³-hybridized carbons (Fsp3) is 0.579. The summed E-state index contributed by atoms with van der Waals surface area (Å²) in [5.41, 5.74) is 0.521. The van der Waals surface area contributed by atoms with E-state index in [9.17, 15) is 14.3 Å². The number of amides is 1. The Labute approximate surface area is 146 Å². The fourth-order valence-corrected chi connectivity index (χ4v) is 4.64. The molecular weight excluding hydrogens is 321 g/mol. The number of imidazole rings is 1. The zero-order valence-corrected chi connectivity index (χ0v) is 14.7. The Balaban J connectivity index is 1.63. The number of hydrogen-bond acceptors (Lipinski definition) is 3. The van der Waals surface area contributed by atoms with Crippen molar-refractivity contribution in [1.82, 2.24) is 14.3 Å². The van der Waals surface area contributed by atoms with Crippen LogP contribution in [0.2, 0.25) is 0 Å². The minimum Gasteiger partial charge on any atom is -0.390 e. The number of nitrogens with zero attached hydrogens (tertiary/aromatic N) is 3. The van der Waals surface area contributed by atoms with Gasteiger partial charge in [-0.05, 0) is 43.7 Å². The quantitative estimate of drug-likeness (QED) is 0.910. The number of halogens is 1. The van der Waals surface area contributed by atoms with Crippen molar-refractivity contribution in [2.24, 2.45) is 11.8 Å². The number of fused-ring (bicyclic) bond motifs is 2. The van der Waals surface area contributed by atoms with Crippen LogP contribution in [0.3, 0.4) is 0 Å². The lowest BCUT2D eigenvalue weighted by atomic mass is 9.69. The molecule has 1 aliphatic heterocycles. The fourth-order valence-electron chi connectivity index (χ4n) is 4.64. The molecule has 0 spiro atoms. The van der Waals surface area contributed by atoms with Gasteiger partial charge in [0.1, 0.15) is 5.65 Å². The van der Waals surface area contributed by atoms with E-state index >= 15 is 0 Å². The van der Waals surface area contributed by atoms with Crippen molar-refractivity contribution in [3.05, 3.63) is 35.5 Å². The average molecular weight is 345 g/mol. The van der Waals surface area contributed by atoms with Crippen LogP contribution in [-0.4, -0.2) is 44.0 Å². The lowest BCUT2D eigenvalue weighted by Gasteiger charge is -2.40. The average Bonchev–Trinajstić information content (AvgIpc) is 3.18. The molecule has 25 heavy (non-hydrogen) atoms. The summed E-state index contributed by atoms with van der Waals surface area (Å²) in [6.45, 7) is 4.94. The molecule has 1 aliphatic carbocycles. The standard InChI is InChI=1S/C19H24FN3O2/c1-3-19(25)8-4-5-13-10-22(11-14(13)19)18(24)16-17(20)23-9-12(2)6-7-15(23)21-16/h6-7,9,13-14,25H,3-5,8,10-11H2,1-2H3/t13-,14+,19-/m0/s1. The number of rotatable bonds is 2. The van der Waals surface area contributed by atoms with Crippen molar-refractivity contribution >= 4 is 11.6 Å². The third-order valence-electron chi connectivity index (χ3n) is 6.13. The van der Waals surface area contributed by atoms with Gasteiger partial charge in [-0.3, -0.25) is 9.20 Å². The number of hydrogen-bond donors (Lipinski definition) is 1. The van der Waals surface area contributed by atoms with Crippen LogP contribution >= 0.6 is 0 Å². The van der Waals surface area contributed by atoms with Gasteiger partial charge < -0.3 is 10.0 Å². The van der Waals surface area contributed by atoms with E-state index in [0.29, 0.717) is 31.1 Å². The molecule has 2 aromatic heterocycles. The molecule has 2 fully saturated rings. The van der Waals surface area contributed by atoms with Crippen LogP contribution in [0.25, 0.3) is 5.65 Å². The maximum atomic E-state index is 14.7. The van der Waals surface area contributed by atoms with Gasteiger partial charge in [0.15, 0.2) is 5.69 Å². The van der Waals surface area contributed by atoms with Crippen LogP contribution in [0, 0.1) is 24.7 Å². The summed E-state index contributed by atoms with van der Waals surface area (Å²) in [5.74, 6) is -0.599. The summed E-state index contributed by atoms with van der Waals surface area (Å²) in [6, 6.07) is 3.57. The SMILES string of the molecule is CC[C@]1(O)CCC[C@H]2CN(C(=O)c3nc4ccc(C)cn4c3F)C[C@H]21. The second kappa shape index (κ2) is 5.80. The maximum absolute atomic E-state index is 14.7. The second-order valence-electron chi connectivity index (χ2n) is 7.61. The number of aryl methyl sites for hydroxylation is 1. The highest BCUT2D eigenvalue weighted by molar-refractivity contribution is 5.93. The Kier molecular flexibility index (Phi) is 3.83. The van der Waals surface area contributed by atoms with Gasteiger partial charge in [0, 0.05) is 25.2 Å². The normalized spacial score (nSPS) is 29.2. The molecule has 3 atom stereocenters. The molecule has 2 aromatic rings. The molecule has 4 rings (SSSR count). The molecule has 5 nitrogen and oxygen atoms in total. The van der Waals surface area contributed by atoms with E-state index in [1.54, 1.807) is 17.2 Å². The van der Waals surface area contributed by atoms with Crippen molar-refractivity contribution < 1.29 is 14.3 Å².